The Morgan fingerprint density at radius 2 is 2.32 bits per heavy atom. The van der Waals surface area contributed by atoms with Crippen LogP contribution in [-0.4, -0.2) is 52.1 Å². The van der Waals surface area contributed by atoms with E-state index in [1.165, 1.54) is 0 Å². The van der Waals surface area contributed by atoms with E-state index in [-0.39, 0.29) is 17.6 Å². The number of aryl methyl sites for hydroxylation is 1. The zero-order valence-electron chi connectivity index (χ0n) is 16.0. The number of H-pyrrole nitrogens is 1. The van der Waals surface area contributed by atoms with E-state index in [0.29, 0.717) is 24.1 Å². The fourth-order valence-electron chi connectivity index (χ4n) is 5.39. The molecule has 1 amide bonds. The van der Waals surface area contributed by atoms with Gasteiger partial charge >= 0.3 is 0 Å². The number of likely N-dealkylation sites (tertiary alicyclic amines) is 1. The summed E-state index contributed by atoms with van der Waals surface area (Å²) in [5.74, 6) is 1.47. The minimum atomic E-state index is -0.0941. The Kier molecular flexibility index (Phi) is 4.45. The van der Waals surface area contributed by atoms with Gasteiger partial charge in [0.2, 0.25) is 0 Å². The summed E-state index contributed by atoms with van der Waals surface area (Å²) in [4.78, 5) is 22.0. The third-order valence-corrected chi connectivity index (χ3v) is 7.02. The van der Waals surface area contributed by atoms with Crippen LogP contribution in [0.25, 0.3) is 0 Å². The van der Waals surface area contributed by atoms with Crippen molar-refractivity contribution >= 4 is 17.5 Å². The topological polar surface area (TPSA) is 70.2 Å². The third kappa shape index (κ3) is 3.04. The first kappa shape index (κ1) is 18.2. The van der Waals surface area contributed by atoms with Gasteiger partial charge < -0.3 is 15.0 Å². The Morgan fingerprint density at radius 3 is 3.11 bits per heavy atom. The molecule has 148 valence electrons. The van der Waals surface area contributed by atoms with Crippen molar-refractivity contribution in [1.29, 1.82) is 0 Å². The predicted octanol–water partition coefficient (Wildman–Crippen LogP) is 2.78. The van der Waals surface area contributed by atoms with Crippen molar-refractivity contribution < 1.29 is 9.53 Å². The molecule has 4 atom stereocenters. The summed E-state index contributed by atoms with van der Waals surface area (Å²) in [5.41, 5.74) is 1.63. The minimum Gasteiger partial charge on any atom is -0.370 e. The first-order valence-electron chi connectivity index (χ1n) is 9.97. The molecule has 3 aliphatic heterocycles. The summed E-state index contributed by atoms with van der Waals surface area (Å²) in [6.07, 6.45) is 4.05. The molecule has 0 radical (unpaired) electrons. The van der Waals surface area contributed by atoms with Crippen molar-refractivity contribution in [2.24, 2.45) is 11.8 Å². The van der Waals surface area contributed by atoms with Crippen LogP contribution in [0.1, 0.15) is 34.7 Å². The molecule has 0 aliphatic carbocycles. The number of amides is 1. The van der Waals surface area contributed by atoms with Crippen LogP contribution in [0, 0.1) is 18.8 Å². The second-order valence-electron chi connectivity index (χ2n) is 8.38. The van der Waals surface area contributed by atoms with Crippen LogP contribution in [0.3, 0.4) is 0 Å². The molecule has 0 saturated carbocycles. The maximum atomic E-state index is 12.4. The number of carbonyl (C=O) groups is 1. The number of fused-ring (bicyclic) bond motifs is 1. The summed E-state index contributed by atoms with van der Waals surface area (Å²) in [7, 11) is 0. The van der Waals surface area contributed by atoms with Crippen molar-refractivity contribution in [3.05, 3.63) is 52.6 Å². The Labute approximate surface area is 169 Å². The number of ether oxygens (including phenoxy) is 1. The Bertz CT molecular complexity index is 900. The van der Waals surface area contributed by atoms with E-state index in [1.807, 2.05) is 25.1 Å². The van der Waals surface area contributed by atoms with Gasteiger partial charge in [-0.15, -0.1) is 0 Å². The largest absolute Gasteiger partial charge is 0.370 e. The molecule has 3 fully saturated rings. The number of benzene rings is 1. The maximum absolute atomic E-state index is 12.4. The summed E-state index contributed by atoms with van der Waals surface area (Å²) < 4.78 is 6.49. The van der Waals surface area contributed by atoms with E-state index in [9.17, 15) is 4.79 Å². The lowest BCUT2D eigenvalue weighted by Crippen LogP contribution is -2.42. The number of rotatable bonds is 5. The lowest BCUT2D eigenvalue weighted by Gasteiger charge is -2.29. The molecule has 7 heteroatoms. The van der Waals surface area contributed by atoms with Crippen LogP contribution in [0.5, 0.6) is 0 Å². The number of aromatic amines is 1. The van der Waals surface area contributed by atoms with E-state index >= 15 is 0 Å². The van der Waals surface area contributed by atoms with Crippen LogP contribution in [-0.2, 0) is 11.3 Å². The number of carbonyl (C=O) groups excluding carboxylic acids is 1. The molecule has 3 aliphatic rings. The molecule has 4 heterocycles. The standard InChI is InChI=1S/C21H25ClN4O2/c1-13-23-9-18(25-13)20(27)24-8-15-16-11-26(10-14-4-2-3-5-17(14)22)12-21(16)7-6-19(15)28-21/h2-5,9,15-16,19H,6-8,10-12H2,1H3,(H,23,25)(H,24,27)/t15-,16+,19+,21+/m0/s1. The molecular weight excluding hydrogens is 376 g/mol. The summed E-state index contributed by atoms with van der Waals surface area (Å²) in [6, 6.07) is 8.04. The average molecular weight is 401 g/mol. The number of aromatic nitrogens is 2. The summed E-state index contributed by atoms with van der Waals surface area (Å²) >= 11 is 6.36. The van der Waals surface area contributed by atoms with Gasteiger partial charge in [0.25, 0.3) is 5.91 Å². The average Bonchev–Trinajstić information content (AvgIpc) is 3.42. The third-order valence-electron chi connectivity index (χ3n) is 6.65. The van der Waals surface area contributed by atoms with Gasteiger partial charge in [0.05, 0.1) is 17.9 Å². The number of imidazole rings is 1. The molecule has 3 saturated heterocycles. The molecular formula is C21H25ClN4O2. The molecule has 1 aromatic carbocycles. The smallest absolute Gasteiger partial charge is 0.269 e. The van der Waals surface area contributed by atoms with Gasteiger partial charge in [-0.3, -0.25) is 9.69 Å². The van der Waals surface area contributed by atoms with Crippen molar-refractivity contribution in [3.8, 4) is 0 Å². The van der Waals surface area contributed by atoms with Crippen molar-refractivity contribution in [2.75, 3.05) is 19.6 Å². The van der Waals surface area contributed by atoms with E-state index in [1.54, 1.807) is 6.20 Å². The highest BCUT2D eigenvalue weighted by Gasteiger charge is 2.62. The second-order valence-corrected chi connectivity index (χ2v) is 8.79. The molecule has 2 bridgehead atoms. The molecule has 1 spiro atoms. The van der Waals surface area contributed by atoms with Crippen LogP contribution in [0.15, 0.2) is 30.5 Å². The summed E-state index contributed by atoms with van der Waals surface area (Å²) in [6.45, 7) is 5.28. The molecule has 5 rings (SSSR count). The van der Waals surface area contributed by atoms with E-state index in [2.05, 4.69) is 26.3 Å². The number of hydrogen-bond acceptors (Lipinski definition) is 4. The fourth-order valence-corrected chi connectivity index (χ4v) is 5.59. The van der Waals surface area contributed by atoms with Crippen LogP contribution in [0.4, 0.5) is 0 Å². The Balaban J connectivity index is 1.26. The molecule has 2 aromatic rings. The molecule has 6 nitrogen and oxygen atoms in total. The highest BCUT2D eigenvalue weighted by Crippen LogP contribution is 2.54. The van der Waals surface area contributed by atoms with Gasteiger partial charge in [-0.25, -0.2) is 4.98 Å². The fraction of sp³-hybridized carbons (Fsp3) is 0.524. The zero-order valence-corrected chi connectivity index (χ0v) is 16.7. The molecule has 1 aromatic heterocycles. The van der Waals surface area contributed by atoms with Gasteiger partial charge in [0, 0.05) is 43.0 Å². The second kappa shape index (κ2) is 6.87. The van der Waals surface area contributed by atoms with E-state index < -0.39 is 0 Å². The monoisotopic (exact) mass is 400 g/mol. The lowest BCUT2D eigenvalue weighted by molar-refractivity contribution is 0.00212. The number of hydrogen-bond donors (Lipinski definition) is 2. The predicted molar refractivity (Wildman–Crippen MR) is 106 cm³/mol. The summed E-state index contributed by atoms with van der Waals surface area (Å²) in [5, 5.41) is 3.91. The highest BCUT2D eigenvalue weighted by molar-refractivity contribution is 6.31. The molecule has 28 heavy (non-hydrogen) atoms. The zero-order chi connectivity index (χ0) is 19.3. The van der Waals surface area contributed by atoms with Crippen molar-refractivity contribution in [2.45, 2.75) is 38.0 Å². The highest BCUT2D eigenvalue weighted by atomic mass is 35.5. The van der Waals surface area contributed by atoms with Gasteiger partial charge in [0.15, 0.2) is 0 Å². The van der Waals surface area contributed by atoms with Crippen molar-refractivity contribution in [3.63, 3.8) is 0 Å². The van der Waals surface area contributed by atoms with Crippen molar-refractivity contribution in [1.82, 2.24) is 20.2 Å². The maximum Gasteiger partial charge on any atom is 0.269 e. The molecule has 2 N–H and O–H groups in total. The number of nitrogens with one attached hydrogen (secondary N) is 2. The van der Waals surface area contributed by atoms with Crippen LogP contribution >= 0.6 is 11.6 Å². The van der Waals surface area contributed by atoms with E-state index in [4.69, 9.17) is 16.3 Å². The van der Waals surface area contributed by atoms with Gasteiger partial charge in [-0.1, -0.05) is 29.8 Å². The Morgan fingerprint density at radius 1 is 1.46 bits per heavy atom. The quantitative estimate of drug-likeness (QED) is 0.809. The van der Waals surface area contributed by atoms with Gasteiger partial charge in [-0.2, -0.15) is 0 Å². The minimum absolute atomic E-state index is 0.0497. The molecule has 0 unspecified atom stereocenters. The normalized spacial score (nSPS) is 31.3. The van der Waals surface area contributed by atoms with Gasteiger partial charge in [-0.05, 0) is 31.4 Å². The first-order valence-corrected chi connectivity index (χ1v) is 10.4. The van der Waals surface area contributed by atoms with Crippen LogP contribution in [0.2, 0.25) is 5.02 Å². The SMILES string of the molecule is Cc1ncc(C(=O)NC[C@H]2[C@H]3CN(Cc4ccccc4Cl)C[C@]34CC[C@H]2O4)[nH]1. The van der Waals surface area contributed by atoms with Gasteiger partial charge in [0.1, 0.15) is 11.5 Å². The van der Waals surface area contributed by atoms with E-state index in [0.717, 1.165) is 48.9 Å². The van der Waals surface area contributed by atoms with Crippen LogP contribution < -0.4 is 5.32 Å². The number of nitrogens with zero attached hydrogens (tertiary/aromatic N) is 2. The lowest BCUT2D eigenvalue weighted by atomic mass is 9.73. The Hall–Kier alpha value is -1.89. The first-order chi connectivity index (χ1) is 13.5. The number of halogens is 1.